The van der Waals surface area contributed by atoms with Crippen LogP contribution < -0.4 is 5.32 Å². The van der Waals surface area contributed by atoms with Gasteiger partial charge in [-0.1, -0.05) is 18.5 Å². The summed E-state index contributed by atoms with van der Waals surface area (Å²) >= 11 is 6.21. The summed E-state index contributed by atoms with van der Waals surface area (Å²) in [6.45, 7) is 4.88. The van der Waals surface area contributed by atoms with Crippen LogP contribution in [0.5, 0.6) is 0 Å². The highest BCUT2D eigenvalue weighted by Crippen LogP contribution is 2.26. The molecule has 0 atom stereocenters. The van der Waals surface area contributed by atoms with E-state index in [1.807, 2.05) is 7.05 Å². The fraction of sp³-hybridized carbons (Fsp3) is 0.750. The summed E-state index contributed by atoms with van der Waals surface area (Å²) in [6.07, 6.45) is 0.867. The van der Waals surface area contributed by atoms with Crippen LogP contribution >= 0.6 is 11.6 Å². The third kappa shape index (κ3) is 2.54. The second kappa shape index (κ2) is 5.57. The lowest BCUT2D eigenvalue weighted by Crippen LogP contribution is -2.52. The minimum Gasteiger partial charge on any atom is -0.396 e. The van der Waals surface area contributed by atoms with Gasteiger partial charge in [-0.05, 0) is 6.42 Å². The quantitative estimate of drug-likeness (QED) is 0.802. The fourth-order valence-electron chi connectivity index (χ4n) is 2.15. The van der Waals surface area contributed by atoms with E-state index >= 15 is 0 Å². The number of ether oxygens (including phenoxy) is 1. The highest BCUT2D eigenvalue weighted by atomic mass is 35.5. The Hall–Kier alpha value is -0.620. The topological polar surface area (TPSA) is 59.3 Å². The molecule has 0 aliphatic carbocycles. The van der Waals surface area contributed by atoms with Crippen molar-refractivity contribution in [2.24, 2.45) is 12.5 Å². The predicted molar refractivity (Wildman–Crippen MR) is 69.6 cm³/mol. The molecule has 1 aromatic heterocycles. The first-order valence-electron chi connectivity index (χ1n) is 6.21. The summed E-state index contributed by atoms with van der Waals surface area (Å²) in [6, 6.07) is 0. The van der Waals surface area contributed by atoms with Crippen molar-refractivity contribution in [3.8, 4) is 0 Å². The Kier molecular flexibility index (Phi) is 4.27. The number of aliphatic hydroxyl groups excluding tert-OH is 1. The van der Waals surface area contributed by atoms with Crippen LogP contribution in [0.3, 0.4) is 0 Å². The number of halogens is 1. The maximum Gasteiger partial charge on any atom is 0.131 e. The van der Waals surface area contributed by atoms with Gasteiger partial charge in [0.1, 0.15) is 5.15 Å². The van der Waals surface area contributed by atoms with Crippen LogP contribution in [0.2, 0.25) is 5.15 Å². The van der Waals surface area contributed by atoms with Crippen molar-refractivity contribution in [1.29, 1.82) is 0 Å². The molecule has 0 aromatic carbocycles. The Balaban J connectivity index is 1.94. The van der Waals surface area contributed by atoms with Crippen molar-refractivity contribution >= 4 is 11.6 Å². The van der Waals surface area contributed by atoms with Crippen LogP contribution in [0.1, 0.15) is 18.2 Å². The molecule has 5 nitrogen and oxygen atoms in total. The van der Waals surface area contributed by atoms with Gasteiger partial charge < -0.3 is 15.2 Å². The number of nitrogens with zero attached hydrogens (tertiary/aromatic N) is 2. The summed E-state index contributed by atoms with van der Waals surface area (Å²) in [5.41, 5.74) is 1.97. The predicted octanol–water partition coefficient (Wildman–Crippen LogP) is 0.734. The first-order chi connectivity index (χ1) is 8.62. The maximum atomic E-state index is 9.33. The highest BCUT2D eigenvalue weighted by molar-refractivity contribution is 6.30. The van der Waals surface area contributed by atoms with Crippen molar-refractivity contribution < 1.29 is 9.84 Å². The number of aryl methyl sites for hydroxylation is 2. The number of rotatable bonds is 6. The molecule has 0 unspecified atom stereocenters. The van der Waals surface area contributed by atoms with E-state index in [0.717, 1.165) is 24.2 Å². The molecule has 0 radical (unpaired) electrons. The van der Waals surface area contributed by atoms with Gasteiger partial charge in [0.05, 0.1) is 30.9 Å². The molecule has 1 saturated heterocycles. The van der Waals surface area contributed by atoms with Gasteiger partial charge in [0, 0.05) is 25.7 Å². The molecule has 6 heteroatoms. The molecule has 0 amide bonds. The van der Waals surface area contributed by atoms with Crippen molar-refractivity contribution in [2.45, 2.75) is 19.9 Å². The second-order valence-corrected chi connectivity index (χ2v) is 5.31. The van der Waals surface area contributed by atoms with Crippen molar-refractivity contribution in [3.05, 3.63) is 16.4 Å². The molecule has 2 N–H and O–H groups in total. The smallest absolute Gasteiger partial charge is 0.131 e. The van der Waals surface area contributed by atoms with E-state index in [4.69, 9.17) is 16.3 Å². The minimum absolute atomic E-state index is 0.110. The first kappa shape index (κ1) is 13.8. The van der Waals surface area contributed by atoms with Crippen LogP contribution in [0.15, 0.2) is 0 Å². The van der Waals surface area contributed by atoms with Crippen LogP contribution in [0, 0.1) is 5.41 Å². The summed E-state index contributed by atoms with van der Waals surface area (Å²) in [4.78, 5) is 0. The maximum absolute atomic E-state index is 9.33. The van der Waals surface area contributed by atoms with E-state index < -0.39 is 0 Å². The molecule has 1 aliphatic heterocycles. The molecular formula is C12H20ClN3O2. The van der Waals surface area contributed by atoms with E-state index in [1.165, 1.54) is 0 Å². The Labute approximate surface area is 112 Å². The first-order valence-corrected chi connectivity index (χ1v) is 6.59. The van der Waals surface area contributed by atoms with Gasteiger partial charge in [-0.3, -0.25) is 4.68 Å². The lowest BCUT2D eigenvalue weighted by atomic mass is 9.87. The fourth-order valence-corrected chi connectivity index (χ4v) is 2.37. The third-order valence-electron chi connectivity index (χ3n) is 3.44. The summed E-state index contributed by atoms with van der Waals surface area (Å²) < 4.78 is 6.86. The Morgan fingerprint density at radius 2 is 2.28 bits per heavy atom. The van der Waals surface area contributed by atoms with Crippen LogP contribution in [0.4, 0.5) is 0 Å². The van der Waals surface area contributed by atoms with Gasteiger partial charge in [0.25, 0.3) is 0 Å². The van der Waals surface area contributed by atoms with E-state index in [-0.39, 0.29) is 12.0 Å². The normalized spacial score (nSPS) is 17.8. The van der Waals surface area contributed by atoms with Gasteiger partial charge in [-0.2, -0.15) is 5.10 Å². The van der Waals surface area contributed by atoms with Crippen LogP contribution in [-0.2, 0) is 24.8 Å². The van der Waals surface area contributed by atoms with Gasteiger partial charge in [0.2, 0.25) is 0 Å². The summed E-state index contributed by atoms with van der Waals surface area (Å²) in [5.74, 6) is 0. The number of nitrogens with one attached hydrogen (secondary N) is 1. The molecular weight excluding hydrogens is 254 g/mol. The van der Waals surface area contributed by atoms with Gasteiger partial charge in [-0.25, -0.2) is 0 Å². The van der Waals surface area contributed by atoms with Crippen LogP contribution in [0.25, 0.3) is 0 Å². The second-order valence-electron chi connectivity index (χ2n) is 4.95. The molecule has 2 rings (SSSR count). The molecule has 2 heterocycles. The number of hydrogen-bond acceptors (Lipinski definition) is 4. The molecule has 18 heavy (non-hydrogen) atoms. The SMILES string of the molecule is CCc1nn(C)c(Cl)c1CNCC1(CO)COC1. The minimum atomic E-state index is -0.110. The van der Waals surface area contributed by atoms with E-state index in [0.29, 0.717) is 24.9 Å². The zero-order valence-electron chi connectivity index (χ0n) is 10.9. The molecule has 0 spiro atoms. The van der Waals surface area contributed by atoms with Gasteiger partial charge >= 0.3 is 0 Å². The number of hydrogen-bond donors (Lipinski definition) is 2. The monoisotopic (exact) mass is 273 g/mol. The summed E-state index contributed by atoms with van der Waals surface area (Å²) in [7, 11) is 1.85. The Morgan fingerprint density at radius 3 is 2.78 bits per heavy atom. The summed E-state index contributed by atoms with van der Waals surface area (Å²) in [5, 5.41) is 17.7. The number of aliphatic hydroxyl groups is 1. The zero-order valence-corrected chi connectivity index (χ0v) is 11.6. The largest absolute Gasteiger partial charge is 0.396 e. The third-order valence-corrected chi connectivity index (χ3v) is 3.91. The zero-order chi connectivity index (χ0) is 13.2. The van der Waals surface area contributed by atoms with Crippen molar-refractivity contribution in [3.63, 3.8) is 0 Å². The van der Waals surface area contributed by atoms with Gasteiger partial charge in [-0.15, -0.1) is 0 Å². The average Bonchev–Trinajstić information content (AvgIpc) is 2.60. The lowest BCUT2D eigenvalue weighted by Gasteiger charge is -2.40. The van der Waals surface area contributed by atoms with E-state index in [1.54, 1.807) is 4.68 Å². The van der Waals surface area contributed by atoms with Crippen molar-refractivity contribution in [2.75, 3.05) is 26.4 Å². The standard InChI is InChI=1S/C12H20ClN3O2/c1-3-10-9(11(13)16(2)15-10)4-14-5-12(6-17)7-18-8-12/h14,17H,3-8H2,1-2H3. The Bertz CT molecular complexity index is 410. The average molecular weight is 274 g/mol. The lowest BCUT2D eigenvalue weighted by molar-refractivity contribution is -0.134. The molecule has 1 aliphatic rings. The molecule has 0 saturated carbocycles. The molecule has 1 fully saturated rings. The Morgan fingerprint density at radius 1 is 1.56 bits per heavy atom. The van der Waals surface area contributed by atoms with Gasteiger partial charge in [0.15, 0.2) is 0 Å². The van der Waals surface area contributed by atoms with Crippen LogP contribution in [-0.4, -0.2) is 41.3 Å². The molecule has 1 aromatic rings. The highest BCUT2D eigenvalue weighted by Gasteiger charge is 2.37. The van der Waals surface area contributed by atoms with E-state index in [9.17, 15) is 5.11 Å². The van der Waals surface area contributed by atoms with E-state index in [2.05, 4.69) is 17.3 Å². The molecule has 102 valence electrons. The number of aromatic nitrogens is 2. The molecule has 0 bridgehead atoms. The van der Waals surface area contributed by atoms with Crippen molar-refractivity contribution in [1.82, 2.24) is 15.1 Å².